The first kappa shape index (κ1) is 12.9. The summed E-state index contributed by atoms with van der Waals surface area (Å²) in [6.07, 6.45) is 1.34. The molecular formula is C12H8ClN3O3S. The number of hydrogen-bond acceptors (Lipinski definition) is 6. The normalized spacial score (nSPS) is 10.8. The summed E-state index contributed by atoms with van der Waals surface area (Å²) in [5, 5.41) is 12.6. The molecule has 0 atom stereocenters. The van der Waals surface area contributed by atoms with Crippen molar-refractivity contribution in [3.63, 3.8) is 0 Å². The Morgan fingerprint density at radius 2 is 2.25 bits per heavy atom. The highest BCUT2D eigenvalue weighted by atomic mass is 35.5. The van der Waals surface area contributed by atoms with E-state index in [9.17, 15) is 4.79 Å². The molecule has 0 amide bonds. The average molecular weight is 310 g/mol. The van der Waals surface area contributed by atoms with Crippen LogP contribution in [-0.2, 0) is 6.54 Å². The molecular weight excluding hydrogens is 302 g/mol. The van der Waals surface area contributed by atoms with Gasteiger partial charge in [-0.05, 0) is 18.2 Å². The van der Waals surface area contributed by atoms with Gasteiger partial charge in [0.25, 0.3) is 0 Å². The first-order valence-corrected chi connectivity index (χ1v) is 6.72. The predicted molar refractivity (Wildman–Crippen MR) is 75.4 cm³/mol. The van der Waals surface area contributed by atoms with Gasteiger partial charge in [-0.2, -0.15) is 8.75 Å². The van der Waals surface area contributed by atoms with E-state index in [2.05, 4.69) is 14.1 Å². The Balaban J connectivity index is 1.90. The van der Waals surface area contributed by atoms with Crippen LogP contribution in [-0.4, -0.2) is 19.8 Å². The van der Waals surface area contributed by atoms with Crippen LogP contribution in [0, 0.1) is 0 Å². The molecule has 0 saturated carbocycles. The summed E-state index contributed by atoms with van der Waals surface area (Å²) in [6.45, 7) is 0.272. The van der Waals surface area contributed by atoms with Gasteiger partial charge in [0.2, 0.25) is 5.76 Å². The van der Waals surface area contributed by atoms with Crippen LogP contribution in [0.25, 0.3) is 11.0 Å². The number of nitrogens with zero attached hydrogens (tertiary/aromatic N) is 2. The lowest BCUT2D eigenvalue weighted by Crippen LogP contribution is -2.05. The lowest BCUT2D eigenvalue weighted by molar-refractivity contribution is 0.0661. The minimum atomic E-state index is -1.11. The van der Waals surface area contributed by atoms with E-state index in [0.29, 0.717) is 21.8 Å². The predicted octanol–water partition coefficient (Wildman–Crippen LogP) is 3.25. The van der Waals surface area contributed by atoms with Crippen LogP contribution in [0.15, 0.2) is 28.9 Å². The van der Waals surface area contributed by atoms with Crippen LogP contribution >= 0.6 is 23.3 Å². The lowest BCUT2D eigenvalue weighted by Gasteiger charge is -2.08. The molecule has 0 bridgehead atoms. The van der Waals surface area contributed by atoms with Crippen molar-refractivity contribution in [1.82, 2.24) is 8.75 Å². The van der Waals surface area contributed by atoms with E-state index in [1.807, 2.05) is 0 Å². The maximum absolute atomic E-state index is 11.0. The zero-order valence-corrected chi connectivity index (χ0v) is 11.5. The summed E-state index contributed by atoms with van der Waals surface area (Å²) >= 11 is 7.23. The quantitative estimate of drug-likeness (QED) is 0.769. The van der Waals surface area contributed by atoms with Gasteiger partial charge in [-0.25, -0.2) is 4.79 Å². The SMILES string of the molecule is O=C(O)c1occc1CNc1c(Cl)ccc2nsnc12. The zero-order valence-electron chi connectivity index (χ0n) is 9.96. The Morgan fingerprint density at radius 1 is 1.40 bits per heavy atom. The van der Waals surface area contributed by atoms with Crippen molar-refractivity contribution in [1.29, 1.82) is 0 Å². The van der Waals surface area contributed by atoms with Gasteiger partial charge in [0, 0.05) is 12.1 Å². The number of hydrogen-bond donors (Lipinski definition) is 2. The van der Waals surface area contributed by atoms with Gasteiger partial charge in [0.1, 0.15) is 11.0 Å². The average Bonchev–Trinajstić information content (AvgIpc) is 3.05. The van der Waals surface area contributed by atoms with Gasteiger partial charge in [0.15, 0.2) is 0 Å². The summed E-state index contributed by atoms with van der Waals surface area (Å²) in [5.41, 5.74) is 2.58. The third kappa shape index (κ3) is 2.21. The van der Waals surface area contributed by atoms with Gasteiger partial charge >= 0.3 is 5.97 Å². The van der Waals surface area contributed by atoms with Crippen molar-refractivity contribution in [3.05, 3.63) is 40.8 Å². The maximum atomic E-state index is 11.0. The van der Waals surface area contributed by atoms with Crippen molar-refractivity contribution < 1.29 is 14.3 Å². The molecule has 0 spiro atoms. The van der Waals surface area contributed by atoms with E-state index >= 15 is 0 Å². The van der Waals surface area contributed by atoms with E-state index in [4.69, 9.17) is 21.1 Å². The monoisotopic (exact) mass is 309 g/mol. The second kappa shape index (κ2) is 5.10. The zero-order chi connectivity index (χ0) is 14.1. The van der Waals surface area contributed by atoms with Crippen molar-refractivity contribution in [2.24, 2.45) is 0 Å². The Hall–Kier alpha value is -2.12. The second-order valence-corrected chi connectivity index (χ2v) is 4.92. The second-order valence-electron chi connectivity index (χ2n) is 3.99. The number of aromatic nitrogens is 2. The number of nitrogens with one attached hydrogen (secondary N) is 1. The highest BCUT2D eigenvalue weighted by Gasteiger charge is 2.15. The van der Waals surface area contributed by atoms with Crippen LogP contribution in [0.3, 0.4) is 0 Å². The molecule has 0 aliphatic carbocycles. The topological polar surface area (TPSA) is 88.2 Å². The van der Waals surface area contributed by atoms with Gasteiger partial charge < -0.3 is 14.8 Å². The molecule has 6 nitrogen and oxygen atoms in total. The van der Waals surface area contributed by atoms with E-state index in [-0.39, 0.29) is 12.3 Å². The smallest absolute Gasteiger partial charge is 0.372 e. The molecule has 3 rings (SSSR count). The van der Waals surface area contributed by atoms with Crippen LogP contribution < -0.4 is 5.32 Å². The molecule has 8 heteroatoms. The molecule has 0 unspecified atom stereocenters. The minimum Gasteiger partial charge on any atom is -0.475 e. The fourth-order valence-corrected chi connectivity index (χ4v) is 2.60. The van der Waals surface area contributed by atoms with E-state index in [0.717, 1.165) is 17.2 Å². The molecule has 102 valence electrons. The molecule has 1 aromatic carbocycles. The van der Waals surface area contributed by atoms with Gasteiger partial charge in [-0.15, -0.1) is 0 Å². The lowest BCUT2D eigenvalue weighted by atomic mass is 10.2. The van der Waals surface area contributed by atoms with E-state index < -0.39 is 5.97 Å². The Labute approximate surface area is 122 Å². The molecule has 0 saturated heterocycles. The third-order valence-corrected chi connectivity index (χ3v) is 3.63. The number of fused-ring (bicyclic) bond motifs is 1. The first-order chi connectivity index (χ1) is 9.66. The highest BCUT2D eigenvalue weighted by Crippen LogP contribution is 2.30. The van der Waals surface area contributed by atoms with E-state index in [1.54, 1.807) is 18.2 Å². The maximum Gasteiger partial charge on any atom is 0.372 e. The van der Waals surface area contributed by atoms with Crippen molar-refractivity contribution in [2.75, 3.05) is 5.32 Å². The van der Waals surface area contributed by atoms with Crippen LogP contribution in [0.2, 0.25) is 5.02 Å². The number of rotatable bonds is 4. The Kier molecular flexibility index (Phi) is 3.29. The number of aromatic carboxylic acids is 1. The number of benzene rings is 1. The molecule has 3 aromatic rings. The fraction of sp³-hybridized carbons (Fsp3) is 0.0833. The van der Waals surface area contributed by atoms with Crippen molar-refractivity contribution >= 4 is 46.0 Å². The summed E-state index contributed by atoms with van der Waals surface area (Å²) < 4.78 is 13.2. The largest absolute Gasteiger partial charge is 0.475 e. The van der Waals surface area contributed by atoms with Gasteiger partial charge in [-0.3, -0.25) is 0 Å². The molecule has 2 N–H and O–H groups in total. The van der Waals surface area contributed by atoms with Crippen LogP contribution in [0.1, 0.15) is 16.1 Å². The van der Waals surface area contributed by atoms with Crippen LogP contribution in [0.5, 0.6) is 0 Å². The van der Waals surface area contributed by atoms with Gasteiger partial charge in [-0.1, -0.05) is 11.6 Å². The number of anilines is 1. The summed E-state index contributed by atoms with van der Waals surface area (Å²) in [7, 11) is 0. The van der Waals surface area contributed by atoms with Crippen LogP contribution in [0.4, 0.5) is 5.69 Å². The molecule has 2 aromatic heterocycles. The van der Waals surface area contributed by atoms with Gasteiger partial charge in [0.05, 0.1) is 28.7 Å². The molecule has 20 heavy (non-hydrogen) atoms. The number of halogens is 1. The molecule has 0 aliphatic heterocycles. The fourth-order valence-electron chi connectivity index (χ4n) is 1.84. The van der Waals surface area contributed by atoms with Crippen molar-refractivity contribution in [2.45, 2.75) is 6.54 Å². The summed E-state index contributed by atoms with van der Waals surface area (Å²) in [4.78, 5) is 11.0. The summed E-state index contributed by atoms with van der Waals surface area (Å²) in [6, 6.07) is 5.11. The Morgan fingerprint density at radius 3 is 3.05 bits per heavy atom. The minimum absolute atomic E-state index is 0.0859. The van der Waals surface area contributed by atoms with Crippen molar-refractivity contribution in [3.8, 4) is 0 Å². The number of furan rings is 1. The summed E-state index contributed by atoms with van der Waals surface area (Å²) in [5.74, 6) is -1.19. The molecule has 0 radical (unpaired) electrons. The molecule has 0 aliphatic rings. The number of carboxylic acids is 1. The molecule has 0 fully saturated rings. The Bertz CT molecular complexity index is 783. The standard InChI is InChI=1S/C12H8ClN3O3S/c13-7-1-2-8-10(16-20-15-8)9(7)14-5-6-3-4-19-11(6)12(17)18/h1-4,14H,5H2,(H,17,18). The highest BCUT2D eigenvalue weighted by molar-refractivity contribution is 7.00. The number of carboxylic acid groups (broad SMARTS) is 1. The number of carbonyl (C=O) groups is 1. The van der Waals surface area contributed by atoms with E-state index in [1.165, 1.54) is 6.26 Å². The molecule has 2 heterocycles. The third-order valence-electron chi connectivity index (χ3n) is 2.77. The first-order valence-electron chi connectivity index (χ1n) is 5.61.